The molecule has 0 radical (unpaired) electrons. The molecule has 0 saturated carbocycles. The third-order valence-electron chi connectivity index (χ3n) is 1.59. The summed E-state index contributed by atoms with van der Waals surface area (Å²) in [6.45, 7) is 4.21. The molecule has 0 heterocycles. The number of rotatable bonds is 6. The smallest absolute Gasteiger partial charge is 0.132 e. The van der Waals surface area contributed by atoms with Crippen molar-refractivity contribution in [2.24, 2.45) is 0 Å². The van der Waals surface area contributed by atoms with Crippen molar-refractivity contribution in [3.05, 3.63) is 0 Å². The van der Waals surface area contributed by atoms with E-state index in [9.17, 15) is 4.79 Å². The Morgan fingerprint density at radius 1 is 0.929 bits per heavy atom. The summed E-state index contributed by atoms with van der Waals surface area (Å²) < 4.78 is 0. The van der Waals surface area contributed by atoms with E-state index in [2.05, 4.69) is 13.8 Å². The molecular formula is C12H27NO. The van der Waals surface area contributed by atoms with Crippen LogP contribution in [0.1, 0.15) is 52.4 Å². The van der Waals surface area contributed by atoms with Crippen molar-refractivity contribution in [2.45, 2.75) is 52.4 Å². The topological polar surface area (TPSA) is 20.3 Å². The molecule has 0 aliphatic rings. The van der Waals surface area contributed by atoms with E-state index in [0.29, 0.717) is 5.78 Å². The first-order valence-corrected chi connectivity index (χ1v) is 5.67. The van der Waals surface area contributed by atoms with Crippen molar-refractivity contribution in [1.29, 1.82) is 0 Å². The minimum Gasteiger partial charge on any atom is -0.312 e. The van der Waals surface area contributed by atoms with Gasteiger partial charge in [0.2, 0.25) is 0 Å². The Balaban J connectivity index is 0. The second kappa shape index (κ2) is 12.6. The summed E-state index contributed by atoms with van der Waals surface area (Å²) in [5, 5.41) is 0. The van der Waals surface area contributed by atoms with Gasteiger partial charge in [-0.2, -0.15) is 0 Å². The molecule has 0 aromatic heterocycles. The normalized spacial score (nSPS) is 9.57. The fraction of sp³-hybridized carbons (Fsp3) is 0.917. The van der Waals surface area contributed by atoms with Crippen LogP contribution in [0.3, 0.4) is 0 Å². The first-order chi connectivity index (χ1) is 6.54. The molecule has 0 unspecified atom stereocenters. The van der Waals surface area contributed by atoms with Crippen LogP contribution in [0.25, 0.3) is 0 Å². The molecule has 0 fully saturated rings. The highest BCUT2D eigenvalue weighted by atomic mass is 16.1. The van der Waals surface area contributed by atoms with E-state index in [0.717, 1.165) is 25.7 Å². The third kappa shape index (κ3) is 22.6. The van der Waals surface area contributed by atoms with Crippen molar-refractivity contribution in [2.75, 3.05) is 21.1 Å². The summed E-state index contributed by atoms with van der Waals surface area (Å²) >= 11 is 0. The third-order valence-corrected chi connectivity index (χ3v) is 1.59. The first kappa shape index (κ1) is 16.1. The van der Waals surface area contributed by atoms with E-state index in [4.69, 9.17) is 0 Å². The Hall–Kier alpha value is -0.370. The quantitative estimate of drug-likeness (QED) is 0.615. The lowest BCUT2D eigenvalue weighted by Gasteiger charge is -1.96. The van der Waals surface area contributed by atoms with Gasteiger partial charge < -0.3 is 4.90 Å². The van der Waals surface area contributed by atoms with Crippen LogP contribution in [0.5, 0.6) is 0 Å². The number of hydrogen-bond acceptors (Lipinski definition) is 2. The van der Waals surface area contributed by atoms with Crippen LogP contribution in [0.4, 0.5) is 0 Å². The molecule has 0 rings (SSSR count). The first-order valence-electron chi connectivity index (χ1n) is 5.67. The zero-order chi connectivity index (χ0) is 11.4. The Labute approximate surface area is 89.7 Å². The van der Waals surface area contributed by atoms with Crippen LogP contribution in [-0.4, -0.2) is 31.8 Å². The molecule has 86 valence electrons. The number of nitrogens with zero attached hydrogens (tertiary/aromatic N) is 1. The van der Waals surface area contributed by atoms with Gasteiger partial charge >= 0.3 is 0 Å². The van der Waals surface area contributed by atoms with Crippen molar-refractivity contribution in [1.82, 2.24) is 4.90 Å². The summed E-state index contributed by atoms with van der Waals surface area (Å²) in [4.78, 5) is 12.9. The van der Waals surface area contributed by atoms with Crippen LogP contribution in [0, 0.1) is 0 Å². The molecule has 2 heteroatoms. The van der Waals surface area contributed by atoms with Gasteiger partial charge in [-0.15, -0.1) is 0 Å². The van der Waals surface area contributed by atoms with Crippen LogP contribution < -0.4 is 0 Å². The van der Waals surface area contributed by atoms with Crippen LogP contribution in [-0.2, 0) is 4.79 Å². The van der Waals surface area contributed by atoms with Gasteiger partial charge in [-0.1, -0.05) is 26.7 Å². The monoisotopic (exact) mass is 201 g/mol. The van der Waals surface area contributed by atoms with E-state index in [1.54, 1.807) is 0 Å². The molecule has 0 amide bonds. The zero-order valence-electron chi connectivity index (χ0n) is 10.6. The minimum atomic E-state index is 0.441. The lowest BCUT2D eigenvalue weighted by Crippen LogP contribution is -1.99. The minimum absolute atomic E-state index is 0.441. The Bertz CT molecular complexity index is 119. The standard InChI is InChI=1S/C9H18O.C3H9N/c1-3-5-6-8-9(10)7-4-2;1-4(2)3/h3-8H2,1-2H3;1-3H3. The molecule has 2 nitrogen and oxygen atoms in total. The summed E-state index contributed by atoms with van der Waals surface area (Å²) in [5.74, 6) is 0.441. The van der Waals surface area contributed by atoms with E-state index < -0.39 is 0 Å². The molecule has 0 bridgehead atoms. The predicted octanol–water partition coefficient (Wildman–Crippen LogP) is 3.11. The predicted molar refractivity (Wildman–Crippen MR) is 63.7 cm³/mol. The molecule has 0 aromatic rings. The zero-order valence-corrected chi connectivity index (χ0v) is 10.6. The summed E-state index contributed by atoms with van der Waals surface area (Å²) in [5.41, 5.74) is 0. The Kier molecular flexibility index (Phi) is 14.5. The van der Waals surface area contributed by atoms with Gasteiger partial charge in [0.15, 0.2) is 0 Å². The van der Waals surface area contributed by atoms with Crippen LogP contribution >= 0.6 is 0 Å². The average molecular weight is 201 g/mol. The molecule has 0 aliphatic heterocycles. The van der Waals surface area contributed by atoms with Gasteiger partial charge in [0.05, 0.1) is 0 Å². The number of unbranched alkanes of at least 4 members (excludes halogenated alkanes) is 2. The van der Waals surface area contributed by atoms with Crippen LogP contribution in [0.2, 0.25) is 0 Å². The molecule has 0 atom stereocenters. The second-order valence-corrected chi connectivity index (χ2v) is 4.09. The molecule has 0 spiro atoms. The summed E-state index contributed by atoms with van der Waals surface area (Å²) in [6, 6.07) is 0. The lowest BCUT2D eigenvalue weighted by molar-refractivity contribution is -0.119. The van der Waals surface area contributed by atoms with Crippen molar-refractivity contribution >= 4 is 5.78 Å². The van der Waals surface area contributed by atoms with Crippen LogP contribution in [0.15, 0.2) is 0 Å². The van der Waals surface area contributed by atoms with Crippen molar-refractivity contribution < 1.29 is 4.79 Å². The maximum atomic E-state index is 10.9. The second-order valence-electron chi connectivity index (χ2n) is 4.09. The highest BCUT2D eigenvalue weighted by Crippen LogP contribution is 2.02. The molecular weight excluding hydrogens is 174 g/mol. The van der Waals surface area contributed by atoms with Gasteiger partial charge in [-0.3, -0.25) is 4.79 Å². The maximum Gasteiger partial charge on any atom is 0.132 e. The van der Waals surface area contributed by atoms with Gasteiger partial charge in [0.25, 0.3) is 0 Å². The van der Waals surface area contributed by atoms with E-state index >= 15 is 0 Å². The van der Waals surface area contributed by atoms with Gasteiger partial charge in [0.1, 0.15) is 5.78 Å². The number of ketones is 1. The van der Waals surface area contributed by atoms with Gasteiger partial charge in [-0.25, -0.2) is 0 Å². The Morgan fingerprint density at radius 3 is 1.79 bits per heavy atom. The van der Waals surface area contributed by atoms with Gasteiger partial charge in [0, 0.05) is 12.8 Å². The fourth-order valence-electron chi connectivity index (χ4n) is 0.976. The van der Waals surface area contributed by atoms with Crippen molar-refractivity contribution in [3.8, 4) is 0 Å². The Morgan fingerprint density at radius 2 is 1.43 bits per heavy atom. The molecule has 0 N–H and O–H groups in total. The van der Waals surface area contributed by atoms with Crippen molar-refractivity contribution in [3.63, 3.8) is 0 Å². The van der Waals surface area contributed by atoms with E-state index in [1.165, 1.54) is 12.8 Å². The number of carbonyl (C=O) groups excluding carboxylic acids is 1. The SMILES string of the molecule is CCCCCC(=O)CCC.CN(C)C. The number of carbonyl (C=O) groups is 1. The van der Waals surface area contributed by atoms with E-state index in [-0.39, 0.29) is 0 Å². The molecule has 0 saturated heterocycles. The summed E-state index contributed by atoms with van der Waals surface area (Å²) in [7, 11) is 6.00. The molecule has 0 aliphatic carbocycles. The molecule has 14 heavy (non-hydrogen) atoms. The maximum absolute atomic E-state index is 10.9. The fourth-order valence-corrected chi connectivity index (χ4v) is 0.976. The highest BCUT2D eigenvalue weighted by Gasteiger charge is 1.97. The lowest BCUT2D eigenvalue weighted by atomic mass is 10.1. The van der Waals surface area contributed by atoms with Gasteiger partial charge in [-0.05, 0) is 34.0 Å². The molecule has 0 aromatic carbocycles. The highest BCUT2D eigenvalue weighted by molar-refractivity contribution is 5.78. The number of hydrogen-bond donors (Lipinski definition) is 0. The summed E-state index contributed by atoms with van der Waals surface area (Å²) in [6.07, 6.45) is 6.10. The number of Topliss-reactive ketones (excluding diaryl/α,β-unsaturated/α-hetero) is 1. The van der Waals surface area contributed by atoms with E-state index in [1.807, 2.05) is 26.0 Å². The largest absolute Gasteiger partial charge is 0.312 e. The average Bonchev–Trinajstić information content (AvgIpc) is 2.04.